The Morgan fingerprint density at radius 3 is 3.00 bits per heavy atom. The number of piperazine rings is 1. The number of carbonyl (C=O) groups is 1. The van der Waals surface area contributed by atoms with Gasteiger partial charge in [0.1, 0.15) is 4.88 Å². The van der Waals surface area contributed by atoms with E-state index in [-0.39, 0.29) is 11.9 Å². The van der Waals surface area contributed by atoms with Gasteiger partial charge in [-0.05, 0) is 25.0 Å². The highest BCUT2D eigenvalue weighted by atomic mass is 32.1. The van der Waals surface area contributed by atoms with Crippen LogP contribution in [0.2, 0.25) is 0 Å². The highest BCUT2D eigenvalue weighted by Gasteiger charge is 2.31. The summed E-state index contributed by atoms with van der Waals surface area (Å²) in [6, 6.07) is 0.0860. The largest absolute Gasteiger partial charge is 0.331 e. The number of rotatable bonds is 4. The van der Waals surface area contributed by atoms with Gasteiger partial charge in [0.05, 0.1) is 11.7 Å². The summed E-state index contributed by atoms with van der Waals surface area (Å²) in [6.07, 6.45) is 1.77. The third kappa shape index (κ3) is 3.10. The molecule has 106 valence electrons. The first-order valence-corrected chi connectivity index (χ1v) is 7.45. The Hall–Kier alpha value is -1.05. The molecule has 1 aliphatic heterocycles. The Balaban J connectivity index is 2.15. The third-order valence-corrected chi connectivity index (χ3v) is 4.21. The zero-order chi connectivity index (χ0) is 13.8. The molecule has 0 radical (unpaired) electrons. The molecule has 7 heteroatoms. The molecule has 2 N–H and O–H groups in total. The number of likely N-dealkylation sites (N-methyl/N-ethyl adjacent to an activating group) is 1. The lowest BCUT2D eigenvalue weighted by molar-refractivity contribution is 0.0519. The molecule has 1 saturated heterocycles. The average Bonchev–Trinajstić information content (AvgIpc) is 2.86. The van der Waals surface area contributed by atoms with E-state index in [1.165, 1.54) is 11.5 Å². The fourth-order valence-corrected chi connectivity index (χ4v) is 3.05. The van der Waals surface area contributed by atoms with Gasteiger partial charge in [0.25, 0.3) is 5.91 Å². The van der Waals surface area contributed by atoms with Crippen molar-refractivity contribution >= 4 is 17.4 Å². The summed E-state index contributed by atoms with van der Waals surface area (Å²) in [5, 5.41) is 4.07. The highest BCUT2D eigenvalue weighted by Crippen LogP contribution is 2.18. The summed E-state index contributed by atoms with van der Waals surface area (Å²) in [5.41, 5.74) is 6.62. The van der Waals surface area contributed by atoms with E-state index >= 15 is 0 Å². The minimum absolute atomic E-state index is 0.0435. The van der Waals surface area contributed by atoms with Gasteiger partial charge in [0.15, 0.2) is 0 Å². The van der Waals surface area contributed by atoms with Gasteiger partial charge in [-0.15, -0.1) is 5.10 Å². The molecule has 1 unspecified atom stereocenters. The fraction of sp³-hybridized carbons (Fsp3) is 0.750. The van der Waals surface area contributed by atoms with Crippen molar-refractivity contribution in [3.63, 3.8) is 0 Å². The van der Waals surface area contributed by atoms with Gasteiger partial charge >= 0.3 is 0 Å². The lowest BCUT2D eigenvalue weighted by atomic mass is 10.1. The quantitative estimate of drug-likeness (QED) is 0.854. The molecule has 1 aliphatic rings. The Morgan fingerprint density at radius 1 is 1.53 bits per heavy atom. The number of aryl methyl sites for hydroxylation is 1. The van der Waals surface area contributed by atoms with E-state index in [0.29, 0.717) is 11.4 Å². The van der Waals surface area contributed by atoms with E-state index in [2.05, 4.69) is 28.5 Å². The first-order chi connectivity index (χ1) is 9.17. The van der Waals surface area contributed by atoms with Gasteiger partial charge < -0.3 is 15.5 Å². The molecule has 1 aromatic heterocycles. The summed E-state index contributed by atoms with van der Waals surface area (Å²) in [5.74, 6) is 0.0435. The molecular formula is C12H21N5OS. The Bertz CT molecular complexity index is 436. The molecule has 1 aromatic rings. The molecule has 0 aliphatic carbocycles. The number of nitrogens with zero attached hydrogens (tertiary/aromatic N) is 4. The lowest BCUT2D eigenvalue weighted by Crippen LogP contribution is -2.56. The van der Waals surface area contributed by atoms with E-state index in [1.54, 1.807) is 0 Å². The molecule has 0 aromatic carbocycles. The van der Waals surface area contributed by atoms with Gasteiger partial charge in [0.2, 0.25) is 0 Å². The number of amides is 1. The molecule has 1 amide bonds. The maximum atomic E-state index is 12.6. The van der Waals surface area contributed by atoms with Crippen LogP contribution in [0.3, 0.4) is 0 Å². The summed E-state index contributed by atoms with van der Waals surface area (Å²) < 4.78 is 3.92. The van der Waals surface area contributed by atoms with Crippen LogP contribution in [0, 0.1) is 0 Å². The van der Waals surface area contributed by atoms with Crippen LogP contribution >= 0.6 is 11.5 Å². The smallest absolute Gasteiger partial charge is 0.267 e. The maximum Gasteiger partial charge on any atom is 0.267 e. The first-order valence-electron chi connectivity index (χ1n) is 6.68. The summed E-state index contributed by atoms with van der Waals surface area (Å²) >= 11 is 1.20. The van der Waals surface area contributed by atoms with E-state index < -0.39 is 0 Å². The van der Waals surface area contributed by atoms with Gasteiger partial charge in [0, 0.05) is 26.2 Å². The van der Waals surface area contributed by atoms with Gasteiger partial charge in [-0.2, -0.15) is 0 Å². The molecule has 2 heterocycles. The minimum atomic E-state index is 0.0435. The van der Waals surface area contributed by atoms with Crippen LogP contribution in [0.25, 0.3) is 0 Å². The Kier molecular flexibility index (Phi) is 4.84. The number of hydrogen-bond donors (Lipinski definition) is 1. The maximum absolute atomic E-state index is 12.6. The van der Waals surface area contributed by atoms with Gasteiger partial charge in [-0.25, -0.2) is 0 Å². The van der Waals surface area contributed by atoms with Crippen molar-refractivity contribution in [2.75, 3.05) is 33.2 Å². The first kappa shape index (κ1) is 14.4. The van der Waals surface area contributed by atoms with Crippen molar-refractivity contribution in [2.45, 2.75) is 25.8 Å². The topological polar surface area (TPSA) is 75.4 Å². The van der Waals surface area contributed by atoms with E-state index in [9.17, 15) is 4.79 Å². The summed E-state index contributed by atoms with van der Waals surface area (Å²) in [4.78, 5) is 17.4. The SMILES string of the molecule is CCCc1nnsc1C(=O)N1CCN(C)CC1CN. The van der Waals surface area contributed by atoms with Crippen LogP contribution in [0.15, 0.2) is 0 Å². The number of hydrogen-bond acceptors (Lipinski definition) is 6. The molecule has 2 rings (SSSR count). The molecule has 0 bridgehead atoms. The van der Waals surface area contributed by atoms with Crippen LogP contribution in [0.1, 0.15) is 28.7 Å². The number of nitrogens with two attached hydrogens (primary N) is 1. The van der Waals surface area contributed by atoms with E-state index in [1.807, 2.05) is 4.90 Å². The van der Waals surface area contributed by atoms with Crippen molar-refractivity contribution in [2.24, 2.45) is 5.73 Å². The predicted molar refractivity (Wildman–Crippen MR) is 75.3 cm³/mol. The zero-order valence-electron chi connectivity index (χ0n) is 11.5. The monoisotopic (exact) mass is 283 g/mol. The minimum Gasteiger partial charge on any atom is -0.331 e. The van der Waals surface area contributed by atoms with E-state index in [4.69, 9.17) is 5.73 Å². The summed E-state index contributed by atoms with van der Waals surface area (Å²) in [7, 11) is 2.06. The van der Waals surface area contributed by atoms with Crippen molar-refractivity contribution in [3.8, 4) is 0 Å². The second kappa shape index (κ2) is 6.40. The molecule has 19 heavy (non-hydrogen) atoms. The number of aromatic nitrogens is 2. The van der Waals surface area contributed by atoms with Crippen molar-refractivity contribution < 1.29 is 4.79 Å². The molecule has 0 spiro atoms. The number of carbonyl (C=O) groups excluding carboxylic acids is 1. The van der Waals surface area contributed by atoms with Crippen molar-refractivity contribution in [3.05, 3.63) is 10.6 Å². The van der Waals surface area contributed by atoms with Crippen LogP contribution < -0.4 is 5.73 Å². The second-order valence-electron chi connectivity index (χ2n) is 4.95. The van der Waals surface area contributed by atoms with Gasteiger partial charge in [-0.3, -0.25) is 4.79 Å². The fourth-order valence-electron chi connectivity index (χ4n) is 2.38. The van der Waals surface area contributed by atoms with Crippen LogP contribution in [0.5, 0.6) is 0 Å². The van der Waals surface area contributed by atoms with Crippen molar-refractivity contribution in [1.82, 2.24) is 19.4 Å². The van der Waals surface area contributed by atoms with Crippen molar-refractivity contribution in [1.29, 1.82) is 0 Å². The zero-order valence-corrected chi connectivity index (χ0v) is 12.3. The highest BCUT2D eigenvalue weighted by molar-refractivity contribution is 7.08. The molecule has 1 fully saturated rings. The van der Waals surface area contributed by atoms with Crippen LogP contribution in [-0.2, 0) is 6.42 Å². The molecule has 6 nitrogen and oxygen atoms in total. The normalized spacial score (nSPS) is 20.8. The van der Waals surface area contributed by atoms with Crippen LogP contribution in [0.4, 0.5) is 0 Å². The van der Waals surface area contributed by atoms with Gasteiger partial charge in [-0.1, -0.05) is 17.8 Å². The standard InChI is InChI=1S/C12H21N5OS/c1-3-4-10-11(19-15-14-10)12(18)17-6-5-16(2)8-9(17)7-13/h9H,3-8,13H2,1-2H3. The second-order valence-corrected chi connectivity index (χ2v) is 5.70. The van der Waals surface area contributed by atoms with Crippen LogP contribution in [-0.4, -0.2) is 64.6 Å². The Morgan fingerprint density at radius 2 is 2.32 bits per heavy atom. The summed E-state index contributed by atoms with van der Waals surface area (Å²) in [6.45, 7) is 5.01. The molecular weight excluding hydrogens is 262 g/mol. The molecule has 1 atom stereocenters. The average molecular weight is 283 g/mol. The molecule has 0 saturated carbocycles. The third-order valence-electron chi connectivity index (χ3n) is 3.46. The predicted octanol–water partition coefficient (Wildman–Crippen LogP) is 0.206. The Labute approximate surface area is 117 Å². The lowest BCUT2D eigenvalue weighted by Gasteiger charge is -2.39. The van der Waals surface area contributed by atoms with E-state index in [0.717, 1.165) is 38.2 Å².